The van der Waals surface area contributed by atoms with Crippen LogP contribution in [0.2, 0.25) is 0 Å². The number of benzene rings is 2. The van der Waals surface area contributed by atoms with Gasteiger partial charge in [-0.05, 0) is 30.5 Å². The number of hydrogen-bond acceptors (Lipinski definition) is 6. The lowest BCUT2D eigenvalue weighted by atomic mass is 10.0. The second kappa shape index (κ2) is 9.72. The van der Waals surface area contributed by atoms with Gasteiger partial charge in [0.2, 0.25) is 0 Å². The minimum Gasteiger partial charge on any atom is -0.493 e. The monoisotopic (exact) mass is 435 g/mol. The second-order valence-electron chi connectivity index (χ2n) is 7.94. The number of ether oxygens (including phenoxy) is 2. The van der Waals surface area contributed by atoms with Crippen molar-refractivity contribution in [2.24, 2.45) is 0 Å². The summed E-state index contributed by atoms with van der Waals surface area (Å²) < 4.78 is 10.9. The lowest BCUT2D eigenvalue weighted by Crippen LogP contribution is -2.49. The van der Waals surface area contributed by atoms with Crippen molar-refractivity contribution in [2.45, 2.75) is 25.4 Å². The Kier molecular flexibility index (Phi) is 6.58. The molecule has 8 nitrogen and oxygen atoms in total. The fraction of sp³-hybridized carbons (Fsp3) is 0.375. The van der Waals surface area contributed by atoms with Crippen LogP contribution in [-0.2, 0) is 6.54 Å². The molecule has 0 radical (unpaired) electrons. The standard InChI is InChI=1S/C24H29N5O3/c1-28(24(30)25-15-17-7-5-4-6-8-17)19-9-11-29(12-10-19)23-20-14-22(32-3)21(31-2)13-18(20)16-26-27-23/h4-8,13-14,16,19H,9-12,15H2,1-3H3,(H,25,30). The normalized spacial score (nSPS) is 14.3. The van der Waals surface area contributed by atoms with E-state index in [1.807, 2.05) is 54.4 Å². The van der Waals surface area contributed by atoms with Gasteiger partial charge in [0.15, 0.2) is 17.3 Å². The van der Waals surface area contributed by atoms with Crippen LogP contribution < -0.4 is 19.7 Å². The largest absolute Gasteiger partial charge is 0.493 e. The molecule has 1 saturated heterocycles. The Hall–Kier alpha value is -3.55. The molecule has 32 heavy (non-hydrogen) atoms. The molecule has 1 aromatic heterocycles. The van der Waals surface area contributed by atoms with E-state index in [4.69, 9.17) is 9.47 Å². The third kappa shape index (κ3) is 4.54. The lowest BCUT2D eigenvalue weighted by Gasteiger charge is -2.37. The van der Waals surface area contributed by atoms with Crippen LogP contribution in [0.5, 0.6) is 11.5 Å². The van der Waals surface area contributed by atoms with E-state index in [2.05, 4.69) is 20.4 Å². The number of hydrogen-bond donors (Lipinski definition) is 1. The molecule has 0 saturated carbocycles. The Bertz CT molecular complexity index is 1070. The van der Waals surface area contributed by atoms with Crippen molar-refractivity contribution in [3.63, 3.8) is 0 Å². The van der Waals surface area contributed by atoms with Crippen LogP contribution in [0.1, 0.15) is 18.4 Å². The van der Waals surface area contributed by atoms with Gasteiger partial charge in [-0.1, -0.05) is 30.3 Å². The second-order valence-corrected chi connectivity index (χ2v) is 7.94. The summed E-state index contributed by atoms with van der Waals surface area (Å²) in [5.74, 6) is 2.16. The van der Waals surface area contributed by atoms with Crippen LogP contribution in [-0.4, -0.2) is 61.5 Å². The van der Waals surface area contributed by atoms with E-state index in [1.165, 1.54) is 0 Å². The Balaban J connectivity index is 1.41. The van der Waals surface area contributed by atoms with Crippen molar-refractivity contribution in [2.75, 3.05) is 39.3 Å². The topological polar surface area (TPSA) is 79.8 Å². The van der Waals surface area contributed by atoms with Crippen LogP contribution >= 0.6 is 0 Å². The Labute approximate surface area is 188 Å². The van der Waals surface area contributed by atoms with Gasteiger partial charge in [-0.25, -0.2) is 4.79 Å². The third-order valence-corrected chi connectivity index (χ3v) is 6.06. The zero-order valence-corrected chi connectivity index (χ0v) is 18.7. The number of nitrogens with one attached hydrogen (secondary N) is 1. The quantitative estimate of drug-likeness (QED) is 0.639. The predicted octanol–water partition coefficient (Wildman–Crippen LogP) is 3.46. The summed E-state index contributed by atoms with van der Waals surface area (Å²) in [5.41, 5.74) is 1.09. The van der Waals surface area contributed by atoms with Crippen LogP contribution in [0.15, 0.2) is 48.7 Å². The average molecular weight is 436 g/mol. The summed E-state index contributed by atoms with van der Waals surface area (Å²) in [7, 11) is 5.12. The molecule has 2 aromatic carbocycles. The third-order valence-electron chi connectivity index (χ3n) is 6.06. The summed E-state index contributed by atoms with van der Waals surface area (Å²) in [6.45, 7) is 2.12. The number of anilines is 1. The molecule has 1 aliphatic heterocycles. The maximum atomic E-state index is 12.6. The number of urea groups is 1. The summed E-state index contributed by atoms with van der Waals surface area (Å²) in [5, 5.41) is 13.5. The Morgan fingerprint density at radius 1 is 1.12 bits per heavy atom. The maximum absolute atomic E-state index is 12.6. The maximum Gasteiger partial charge on any atom is 0.317 e. The number of carbonyl (C=O) groups is 1. The summed E-state index contributed by atoms with van der Waals surface area (Å²) >= 11 is 0. The molecule has 4 rings (SSSR count). The Morgan fingerprint density at radius 3 is 2.50 bits per heavy atom. The minimum atomic E-state index is -0.0471. The number of carbonyl (C=O) groups excluding carboxylic acids is 1. The van der Waals surface area contributed by atoms with E-state index < -0.39 is 0 Å². The molecule has 8 heteroatoms. The molecule has 1 fully saturated rings. The number of nitrogens with zero attached hydrogens (tertiary/aromatic N) is 4. The van der Waals surface area contributed by atoms with Gasteiger partial charge < -0.3 is 24.6 Å². The molecular formula is C24H29N5O3. The first-order valence-corrected chi connectivity index (χ1v) is 10.8. The zero-order valence-electron chi connectivity index (χ0n) is 18.7. The van der Waals surface area contributed by atoms with Crippen molar-refractivity contribution in [3.05, 3.63) is 54.2 Å². The number of aromatic nitrogens is 2. The van der Waals surface area contributed by atoms with Crippen LogP contribution in [0.3, 0.4) is 0 Å². The fourth-order valence-electron chi connectivity index (χ4n) is 4.16. The number of piperidine rings is 1. The van der Waals surface area contributed by atoms with Gasteiger partial charge in [0.1, 0.15) is 0 Å². The molecule has 2 amide bonds. The molecule has 3 aromatic rings. The van der Waals surface area contributed by atoms with E-state index in [1.54, 1.807) is 20.4 Å². The number of fused-ring (bicyclic) bond motifs is 1. The molecule has 1 aliphatic rings. The van der Waals surface area contributed by atoms with Gasteiger partial charge in [-0.15, -0.1) is 5.10 Å². The van der Waals surface area contributed by atoms with Gasteiger partial charge in [0.25, 0.3) is 0 Å². The van der Waals surface area contributed by atoms with E-state index in [0.29, 0.717) is 18.0 Å². The van der Waals surface area contributed by atoms with Gasteiger partial charge >= 0.3 is 6.03 Å². The molecule has 0 atom stereocenters. The van der Waals surface area contributed by atoms with Crippen molar-refractivity contribution in [3.8, 4) is 11.5 Å². The number of amides is 2. The highest BCUT2D eigenvalue weighted by atomic mass is 16.5. The molecule has 2 heterocycles. The number of methoxy groups -OCH3 is 2. The van der Waals surface area contributed by atoms with Crippen molar-refractivity contribution in [1.29, 1.82) is 0 Å². The van der Waals surface area contributed by atoms with Crippen LogP contribution in [0.4, 0.5) is 10.6 Å². The highest BCUT2D eigenvalue weighted by molar-refractivity contribution is 5.94. The molecule has 0 spiro atoms. The first-order chi connectivity index (χ1) is 15.6. The molecule has 168 valence electrons. The van der Waals surface area contributed by atoms with Crippen molar-refractivity contribution >= 4 is 22.6 Å². The Morgan fingerprint density at radius 2 is 1.81 bits per heavy atom. The SMILES string of the molecule is COc1cc2cnnc(N3CCC(N(C)C(=O)NCc4ccccc4)CC3)c2cc1OC. The molecule has 0 unspecified atom stereocenters. The molecule has 0 bridgehead atoms. The molecule has 0 aliphatic carbocycles. The first-order valence-electron chi connectivity index (χ1n) is 10.8. The smallest absolute Gasteiger partial charge is 0.317 e. The predicted molar refractivity (Wildman–Crippen MR) is 124 cm³/mol. The van der Waals surface area contributed by atoms with E-state index in [9.17, 15) is 4.79 Å². The summed E-state index contributed by atoms with van der Waals surface area (Å²) in [6.07, 6.45) is 3.46. The fourth-order valence-corrected chi connectivity index (χ4v) is 4.16. The van der Waals surface area contributed by atoms with Crippen molar-refractivity contribution in [1.82, 2.24) is 20.4 Å². The van der Waals surface area contributed by atoms with E-state index >= 15 is 0 Å². The summed E-state index contributed by atoms with van der Waals surface area (Å²) in [6, 6.07) is 13.9. The number of rotatable bonds is 6. The first kappa shape index (κ1) is 21.7. The summed E-state index contributed by atoms with van der Waals surface area (Å²) in [4.78, 5) is 16.7. The molecule has 1 N–H and O–H groups in total. The highest BCUT2D eigenvalue weighted by Gasteiger charge is 2.27. The van der Waals surface area contributed by atoms with Gasteiger partial charge in [0.05, 0.1) is 20.4 Å². The molecular weight excluding hydrogens is 406 g/mol. The highest BCUT2D eigenvalue weighted by Crippen LogP contribution is 2.36. The zero-order chi connectivity index (χ0) is 22.5. The van der Waals surface area contributed by atoms with Gasteiger partial charge in [-0.2, -0.15) is 5.10 Å². The van der Waals surface area contributed by atoms with E-state index in [0.717, 1.165) is 48.1 Å². The van der Waals surface area contributed by atoms with Crippen molar-refractivity contribution < 1.29 is 14.3 Å². The van der Waals surface area contributed by atoms with Gasteiger partial charge in [-0.3, -0.25) is 0 Å². The van der Waals surface area contributed by atoms with E-state index in [-0.39, 0.29) is 12.1 Å². The van der Waals surface area contributed by atoms with Gasteiger partial charge in [0, 0.05) is 43.5 Å². The van der Waals surface area contributed by atoms with Crippen LogP contribution in [0.25, 0.3) is 10.8 Å². The average Bonchev–Trinajstić information content (AvgIpc) is 2.86. The minimum absolute atomic E-state index is 0.0471. The lowest BCUT2D eigenvalue weighted by molar-refractivity contribution is 0.179. The van der Waals surface area contributed by atoms with Crippen LogP contribution in [0, 0.1) is 0 Å².